The van der Waals surface area contributed by atoms with E-state index in [0.717, 1.165) is 44.1 Å². The Bertz CT molecular complexity index is 1080. The number of aliphatic hydroxyl groups excluding tert-OH is 1. The zero-order valence-electron chi connectivity index (χ0n) is 14.7. The summed E-state index contributed by atoms with van der Waals surface area (Å²) in [5, 5.41) is 13.0. The summed E-state index contributed by atoms with van der Waals surface area (Å²) in [6.45, 7) is 0.136. The van der Waals surface area contributed by atoms with E-state index in [1.54, 1.807) is 11.3 Å². The van der Waals surface area contributed by atoms with E-state index in [1.807, 2.05) is 42.6 Å². The highest BCUT2D eigenvalue weighted by Crippen LogP contribution is 2.31. The Hall–Kier alpha value is -2.71. The molecule has 0 atom stereocenters. The van der Waals surface area contributed by atoms with Gasteiger partial charge in [0.2, 0.25) is 0 Å². The Kier molecular flexibility index (Phi) is 4.21. The third kappa shape index (κ3) is 2.87. The Morgan fingerprint density at radius 3 is 2.81 bits per heavy atom. The molecule has 0 spiro atoms. The number of pyridine rings is 1. The molecule has 0 radical (unpaired) electrons. The van der Waals surface area contributed by atoms with Gasteiger partial charge in [0, 0.05) is 43.5 Å². The fraction of sp³-hybridized carbons (Fsp3) is 0.278. The molecule has 4 N–H and O–H groups in total. The third-order valence-corrected chi connectivity index (χ3v) is 5.25. The maximum atomic E-state index is 9.02. The monoisotopic (exact) mass is 368 g/mol. The Labute approximate surface area is 154 Å². The van der Waals surface area contributed by atoms with Gasteiger partial charge in [-0.3, -0.25) is 0 Å². The third-order valence-electron chi connectivity index (χ3n) is 4.24. The number of rotatable bonds is 5. The van der Waals surface area contributed by atoms with Crippen LogP contribution in [0.4, 0.5) is 10.9 Å². The van der Waals surface area contributed by atoms with Crippen molar-refractivity contribution in [1.29, 1.82) is 0 Å². The fourth-order valence-electron chi connectivity index (χ4n) is 2.94. The molecular formula is C18H20N6OS. The van der Waals surface area contributed by atoms with Crippen LogP contribution in [0.15, 0.2) is 23.6 Å². The molecule has 7 nitrogen and oxygen atoms in total. The molecule has 26 heavy (non-hydrogen) atoms. The molecule has 0 saturated carbocycles. The topological polar surface area (TPSA) is 104 Å². The predicted molar refractivity (Wildman–Crippen MR) is 107 cm³/mol. The highest BCUT2D eigenvalue weighted by atomic mass is 32.1. The van der Waals surface area contributed by atoms with Gasteiger partial charge in [0.15, 0.2) is 5.13 Å². The van der Waals surface area contributed by atoms with Crippen LogP contribution in [0.25, 0.3) is 33.2 Å². The van der Waals surface area contributed by atoms with Gasteiger partial charge in [0.05, 0.1) is 11.2 Å². The number of aromatic nitrogens is 4. The van der Waals surface area contributed by atoms with Crippen LogP contribution in [-0.2, 0) is 6.42 Å². The van der Waals surface area contributed by atoms with Crippen molar-refractivity contribution < 1.29 is 5.11 Å². The fourth-order valence-corrected chi connectivity index (χ4v) is 3.71. The number of benzene rings is 1. The molecule has 1 aromatic carbocycles. The first-order chi connectivity index (χ1) is 12.6. The van der Waals surface area contributed by atoms with Crippen LogP contribution < -0.4 is 10.6 Å². The number of H-pyrrole nitrogens is 1. The molecule has 8 heteroatoms. The zero-order valence-corrected chi connectivity index (χ0v) is 15.5. The average molecular weight is 368 g/mol. The first kappa shape index (κ1) is 16.7. The summed E-state index contributed by atoms with van der Waals surface area (Å²) < 4.78 is 0. The molecule has 0 saturated heterocycles. The second-order valence-electron chi connectivity index (χ2n) is 6.37. The van der Waals surface area contributed by atoms with Gasteiger partial charge in [-0.1, -0.05) is 6.07 Å². The molecule has 0 aliphatic heterocycles. The first-order valence-corrected chi connectivity index (χ1v) is 9.26. The number of anilines is 2. The summed E-state index contributed by atoms with van der Waals surface area (Å²) in [6, 6.07) is 6.06. The highest BCUT2D eigenvalue weighted by Gasteiger charge is 2.13. The Balaban J connectivity index is 1.81. The zero-order chi connectivity index (χ0) is 18.3. The van der Waals surface area contributed by atoms with E-state index in [4.69, 9.17) is 10.8 Å². The number of fused-ring (bicyclic) bond motifs is 3. The van der Waals surface area contributed by atoms with Crippen LogP contribution in [0.2, 0.25) is 0 Å². The lowest BCUT2D eigenvalue weighted by Gasteiger charge is -2.06. The van der Waals surface area contributed by atoms with Gasteiger partial charge >= 0.3 is 0 Å². The number of nitrogens with two attached hydrogens (primary N) is 1. The van der Waals surface area contributed by atoms with Crippen molar-refractivity contribution in [1.82, 2.24) is 19.9 Å². The number of nitrogen functional groups attached to an aromatic ring is 1. The lowest BCUT2D eigenvalue weighted by Crippen LogP contribution is -2.07. The van der Waals surface area contributed by atoms with E-state index < -0.39 is 0 Å². The average Bonchev–Trinajstić information content (AvgIpc) is 3.27. The maximum absolute atomic E-state index is 9.02. The lowest BCUT2D eigenvalue weighted by molar-refractivity contribution is 0.287. The molecule has 0 bridgehead atoms. The molecule has 0 amide bonds. The van der Waals surface area contributed by atoms with Crippen molar-refractivity contribution in [3.8, 4) is 11.3 Å². The second kappa shape index (κ2) is 6.54. The van der Waals surface area contributed by atoms with E-state index in [1.165, 1.54) is 0 Å². The van der Waals surface area contributed by atoms with Gasteiger partial charge < -0.3 is 20.7 Å². The minimum absolute atomic E-state index is 0.136. The van der Waals surface area contributed by atoms with Gasteiger partial charge in [-0.15, -0.1) is 11.3 Å². The molecule has 134 valence electrons. The van der Waals surface area contributed by atoms with E-state index in [9.17, 15) is 0 Å². The van der Waals surface area contributed by atoms with Gasteiger partial charge in [-0.05, 0) is 18.6 Å². The molecule has 0 unspecified atom stereocenters. The van der Waals surface area contributed by atoms with Crippen LogP contribution in [-0.4, -0.2) is 45.7 Å². The van der Waals surface area contributed by atoms with Crippen molar-refractivity contribution >= 4 is 44.2 Å². The Morgan fingerprint density at radius 1 is 1.23 bits per heavy atom. The standard InChI is InChI=1S/C18H20N6OS/c1-24(2)18-21-13(9-26-18)10-5-6-11-12(8-10)20-17(19)16-15(11)22-14(23-16)4-3-7-25/h5-6,8-9,25H,3-4,7H2,1-2H3,(H2,19,20)(H,22,23). The van der Waals surface area contributed by atoms with E-state index in [0.29, 0.717) is 18.7 Å². The summed E-state index contributed by atoms with van der Waals surface area (Å²) in [6.07, 6.45) is 1.34. The first-order valence-electron chi connectivity index (χ1n) is 8.38. The van der Waals surface area contributed by atoms with Gasteiger partial charge in [0.25, 0.3) is 0 Å². The summed E-state index contributed by atoms with van der Waals surface area (Å²) in [5.74, 6) is 1.24. The normalized spacial score (nSPS) is 11.5. The van der Waals surface area contributed by atoms with Crippen LogP contribution >= 0.6 is 11.3 Å². The van der Waals surface area contributed by atoms with Crippen molar-refractivity contribution in [2.45, 2.75) is 12.8 Å². The smallest absolute Gasteiger partial charge is 0.185 e. The van der Waals surface area contributed by atoms with Gasteiger partial charge in [0.1, 0.15) is 22.7 Å². The number of nitrogens with one attached hydrogen (secondary N) is 1. The maximum Gasteiger partial charge on any atom is 0.185 e. The quantitative estimate of drug-likeness (QED) is 0.500. The number of thiazole rings is 1. The molecule has 0 aliphatic carbocycles. The molecule has 4 rings (SSSR count). The minimum atomic E-state index is 0.136. The van der Waals surface area contributed by atoms with Crippen LogP contribution in [0.1, 0.15) is 12.2 Å². The number of aliphatic hydroxyl groups is 1. The van der Waals surface area contributed by atoms with E-state index in [-0.39, 0.29) is 6.61 Å². The minimum Gasteiger partial charge on any atom is -0.396 e. The second-order valence-corrected chi connectivity index (χ2v) is 7.21. The molecule has 0 aliphatic rings. The highest BCUT2D eigenvalue weighted by molar-refractivity contribution is 7.14. The summed E-state index contributed by atoms with van der Waals surface area (Å²) in [7, 11) is 3.96. The van der Waals surface area contributed by atoms with Gasteiger partial charge in [-0.25, -0.2) is 15.0 Å². The SMILES string of the molecule is CN(C)c1nc(-c2ccc3c(c2)nc(N)c2[nH]c(CCCO)nc23)cs1. The number of hydrogen-bond donors (Lipinski definition) is 3. The number of aromatic amines is 1. The van der Waals surface area contributed by atoms with Crippen molar-refractivity contribution in [2.24, 2.45) is 0 Å². The Morgan fingerprint density at radius 2 is 2.08 bits per heavy atom. The van der Waals surface area contributed by atoms with E-state index >= 15 is 0 Å². The van der Waals surface area contributed by atoms with Crippen molar-refractivity contribution in [2.75, 3.05) is 31.3 Å². The summed E-state index contributed by atoms with van der Waals surface area (Å²) in [4.78, 5) is 19.1. The molecular weight excluding hydrogens is 348 g/mol. The summed E-state index contributed by atoms with van der Waals surface area (Å²) >= 11 is 1.61. The number of nitrogens with zero attached hydrogens (tertiary/aromatic N) is 4. The number of aryl methyl sites for hydroxylation is 1. The molecule has 3 heterocycles. The number of hydrogen-bond acceptors (Lipinski definition) is 7. The van der Waals surface area contributed by atoms with Crippen molar-refractivity contribution in [3.05, 3.63) is 29.4 Å². The predicted octanol–water partition coefficient (Wildman–Crippen LogP) is 2.81. The molecule has 0 fully saturated rings. The lowest BCUT2D eigenvalue weighted by atomic mass is 10.1. The largest absolute Gasteiger partial charge is 0.396 e. The van der Waals surface area contributed by atoms with Crippen LogP contribution in [0, 0.1) is 0 Å². The summed E-state index contributed by atoms with van der Waals surface area (Å²) in [5.41, 5.74) is 10.4. The van der Waals surface area contributed by atoms with E-state index in [2.05, 4.69) is 19.9 Å². The van der Waals surface area contributed by atoms with Gasteiger partial charge in [-0.2, -0.15) is 0 Å². The van der Waals surface area contributed by atoms with Crippen LogP contribution in [0.3, 0.4) is 0 Å². The van der Waals surface area contributed by atoms with Crippen molar-refractivity contribution in [3.63, 3.8) is 0 Å². The number of imidazole rings is 1. The molecule has 3 aromatic heterocycles. The van der Waals surface area contributed by atoms with Crippen LogP contribution in [0.5, 0.6) is 0 Å². The molecule has 4 aromatic rings.